The number of halogens is 2. The fraction of sp³-hybridized carbons (Fsp3) is 0.148. The van der Waals surface area contributed by atoms with Gasteiger partial charge in [0.15, 0.2) is 5.65 Å². The fourth-order valence-corrected chi connectivity index (χ4v) is 4.18. The molecule has 37 heavy (non-hydrogen) atoms. The van der Waals surface area contributed by atoms with Crippen LogP contribution in [0.3, 0.4) is 0 Å². The van der Waals surface area contributed by atoms with Gasteiger partial charge in [0.1, 0.15) is 23.4 Å². The second-order valence-electron chi connectivity index (χ2n) is 8.70. The Morgan fingerprint density at radius 2 is 1.84 bits per heavy atom. The maximum absolute atomic E-state index is 14.0. The molecule has 0 radical (unpaired) electrons. The minimum atomic E-state index is -2.98. The van der Waals surface area contributed by atoms with Crippen molar-refractivity contribution in [1.29, 1.82) is 0 Å². The molecule has 3 N–H and O–H groups in total. The molecule has 5 rings (SSSR count). The quantitative estimate of drug-likeness (QED) is 0.240. The number of H-pyrrole nitrogens is 1. The van der Waals surface area contributed by atoms with Crippen LogP contribution in [0.4, 0.5) is 26.0 Å². The van der Waals surface area contributed by atoms with Crippen LogP contribution in [0.5, 0.6) is 0 Å². The Kier molecular flexibility index (Phi) is 6.08. The molecular weight excluding hydrogens is 474 g/mol. The number of alkyl halides is 2. The number of aryl methyl sites for hydroxylation is 1. The summed E-state index contributed by atoms with van der Waals surface area (Å²) in [6.45, 7) is 8.51. The molecule has 0 unspecified atom stereocenters. The van der Waals surface area contributed by atoms with E-state index in [0.717, 1.165) is 23.7 Å². The van der Waals surface area contributed by atoms with Gasteiger partial charge in [-0.2, -0.15) is 0 Å². The van der Waals surface area contributed by atoms with Gasteiger partial charge in [-0.3, -0.25) is 4.98 Å². The van der Waals surface area contributed by atoms with Crippen molar-refractivity contribution < 1.29 is 8.78 Å². The van der Waals surface area contributed by atoms with Crippen LogP contribution in [0.25, 0.3) is 28.1 Å². The van der Waals surface area contributed by atoms with E-state index in [9.17, 15) is 8.78 Å². The summed E-state index contributed by atoms with van der Waals surface area (Å²) in [4.78, 5) is 24.8. The van der Waals surface area contributed by atoms with Crippen LogP contribution >= 0.6 is 0 Å². The normalized spacial score (nSPS) is 11.5. The molecule has 0 bridgehead atoms. The van der Waals surface area contributed by atoms with Gasteiger partial charge in [0.25, 0.3) is 5.92 Å². The first-order valence-electron chi connectivity index (χ1n) is 11.5. The lowest BCUT2D eigenvalue weighted by molar-refractivity contribution is 0.0167. The molecule has 186 valence electrons. The Morgan fingerprint density at radius 1 is 1.00 bits per heavy atom. The van der Waals surface area contributed by atoms with Crippen molar-refractivity contribution in [3.63, 3.8) is 0 Å². The first-order valence-corrected chi connectivity index (χ1v) is 11.5. The summed E-state index contributed by atoms with van der Waals surface area (Å²) < 4.78 is 28.0. The third-order valence-electron chi connectivity index (χ3n) is 6.03. The molecule has 0 saturated carbocycles. The highest BCUT2D eigenvalue weighted by atomic mass is 19.3. The number of aromatic amines is 1. The molecule has 0 amide bonds. The standard InChI is InChI=1S/C27H24F2N8/c1-15-7-8-18(36-17(3)22-16(2)20(9-11-30-22)27(4,28)29)12-21(15)37-25-19(6-5-10-31-25)23-24-26(34-13-32-23)35-14-33-24/h5-14,36H,3H2,1-2,4H3,(H,31,37)(H,32,33,34,35). The molecule has 5 aromatic rings. The average Bonchev–Trinajstić information content (AvgIpc) is 3.35. The highest BCUT2D eigenvalue weighted by molar-refractivity contribution is 5.91. The minimum absolute atomic E-state index is 0.0783. The van der Waals surface area contributed by atoms with Gasteiger partial charge in [0, 0.05) is 41.8 Å². The van der Waals surface area contributed by atoms with E-state index in [1.165, 1.54) is 18.6 Å². The Morgan fingerprint density at radius 3 is 2.65 bits per heavy atom. The van der Waals surface area contributed by atoms with E-state index >= 15 is 0 Å². The number of hydrogen-bond acceptors (Lipinski definition) is 7. The number of pyridine rings is 2. The Balaban J connectivity index is 1.45. The summed E-state index contributed by atoms with van der Waals surface area (Å²) >= 11 is 0. The topological polar surface area (TPSA) is 104 Å². The van der Waals surface area contributed by atoms with Crippen molar-refractivity contribution in [3.8, 4) is 11.3 Å². The van der Waals surface area contributed by atoms with Crippen LogP contribution in [0.2, 0.25) is 0 Å². The third-order valence-corrected chi connectivity index (χ3v) is 6.03. The summed E-state index contributed by atoms with van der Waals surface area (Å²) in [7, 11) is 0. The van der Waals surface area contributed by atoms with E-state index < -0.39 is 5.92 Å². The SMILES string of the molecule is C=C(Nc1ccc(C)c(Nc2ncccc2-c2ncnc3nc[nH]c23)c1)c1nccc(C(C)(F)F)c1C. The zero-order valence-electron chi connectivity index (χ0n) is 20.5. The van der Waals surface area contributed by atoms with E-state index in [1.54, 1.807) is 19.4 Å². The summed E-state index contributed by atoms with van der Waals surface area (Å²) in [5.74, 6) is -2.37. The molecule has 10 heteroatoms. The van der Waals surface area contributed by atoms with Gasteiger partial charge in [-0.1, -0.05) is 12.6 Å². The lowest BCUT2D eigenvalue weighted by atomic mass is 10.0. The van der Waals surface area contributed by atoms with Crippen LogP contribution in [0, 0.1) is 13.8 Å². The van der Waals surface area contributed by atoms with Crippen LogP contribution in [0.15, 0.2) is 68.0 Å². The largest absolute Gasteiger partial charge is 0.354 e. The second-order valence-corrected chi connectivity index (χ2v) is 8.70. The number of hydrogen-bond donors (Lipinski definition) is 3. The van der Waals surface area contributed by atoms with Gasteiger partial charge >= 0.3 is 0 Å². The smallest absolute Gasteiger partial charge is 0.270 e. The van der Waals surface area contributed by atoms with Crippen LogP contribution in [-0.4, -0.2) is 29.9 Å². The highest BCUT2D eigenvalue weighted by Crippen LogP contribution is 2.34. The van der Waals surface area contributed by atoms with E-state index in [2.05, 4.69) is 47.1 Å². The maximum Gasteiger partial charge on any atom is 0.270 e. The molecular formula is C27H24F2N8. The third kappa shape index (κ3) is 4.73. The number of fused-ring (bicyclic) bond motifs is 1. The molecule has 1 aromatic carbocycles. The molecule has 0 aliphatic carbocycles. The number of aromatic nitrogens is 6. The summed E-state index contributed by atoms with van der Waals surface area (Å²) in [5.41, 5.74) is 6.31. The van der Waals surface area contributed by atoms with Crippen molar-refractivity contribution in [1.82, 2.24) is 29.9 Å². The summed E-state index contributed by atoms with van der Waals surface area (Å²) in [5, 5.41) is 6.60. The molecule has 0 aliphatic rings. The highest BCUT2D eigenvalue weighted by Gasteiger charge is 2.28. The number of anilines is 3. The Bertz CT molecular complexity index is 1620. The first kappa shape index (κ1) is 24.0. The van der Waals surface area contributed by atoms with Crippen molar-refractivity contribution >= 4 is 34.1 Å². The van der Waals surface area contributed by atoms with Crippen LogP contribution < -0.4 is 10.6 Å². The van der Waals surface area contributed by atoms with Crippen molar-refractivity contribution in [2.45, 2.75) is 26.7 Å². The molecule has 4 heterocycles. The lowest BCUT2D eigenvalue weighted by Crippen LogP contribution is -2.12. The summed E-state index contributed by atoms with van der Waals surface area (Å²) in [6, 6.07) is 10.8. The molecule has 0 atom stereocenters. The lowest BCUT2D eigenvalue weighted by Gasteiger charge is -2.18. The van der Waals surface area contributed by atoms with Gasteiger partial charge < -0.3 is 15.6 Å². The van der Waals surface area contributed by atoms with Gasteiger partial charge in [-0.15, -0.1) is 0 Å². The predicted octanol–water partition coefficient (Wildman–Crippen LogP) is 6.36. The molecule has 4 aromatic heterocycles. The zero-order chi connectivity index (χ0) is 26.2. The second kappa shape index (κ2) is 9.38. The van der Waals surface area contributed by atoms with Crippen LogP contribution in [-0.2, 0) is 5.92 Å². The number of rotatable bonds is 7. The maximum atomic E-state index is 14.0. The number of nitrogens with zero attached hydrogens (tertiary/aromatic N) is 5. The molecule has 0 aliphatic heterocycles. The number of imidazole rings is 1. The van der Waals surface area contributed by atoms with Gasteiger partial charge in [0.05, 0.1) is 17.7 Å². The van der Waals surface area contributed by atoms with E-state index in [1.807, 2.05) is 37.3 Å². The molecule has 0 fully saturated rings. The number of benzene rings is 1. The first-order chi connectivity index (χ1) is 17.7. The number of nitrogens with one attached hydrogen (secondary N) is 3. The van der Waals surface area contributed by atoms with E-state index in [4.69, 9.17) is 0 Å². The molecule has 0 saturated heterocycles. The fourth-order valence-electron chi connectivity index (χ4n) is 4.18. The minimum Gasteiger partial charge on any atom is -0.354 e. The van der Waals surface area contributed by atoms with Crippen molar-refractivity contribution in [2.75, 3.05) is 10.6 Å². The van der Waals surface area contributed by atoms with Crippen molar-refractivity contribution in [2.24, 2.45) is 0 Å². The predicted molar refractivity (Wildman–Crippen MR) is 141 cm³/mol. The Labute approximate surface area is 212 Å². The van der Waals surface area contributed by atoms with Gasteiger partial charge in [-0.05, 0) is 55.3 Å². The zero-order valence-corrected chi connectivity index (χ0v) is 20.5. The van der Waals surface area contributed by atoms with Crippen molar-refractivity contribution in [3.05, 3.63) is 90.4 Å². The summed E-state index contributed by atoms with van der Waals surface area (Å²) in [6.07, 6.45) is 6.11. The van der Waals surface area contributed by atoms with Gasteiger partial charge in [-0.25, -0.2) is 28.7 Å². The molecule has 0 spiro atoms. The average molecular weight is 499 g/mol. The molecule has 8 nitrogen and oxygen atoms in total. The monoisotopic (exact) mass is 498 g/mol. The van der Waals surface area contributed by atoms with Gasteiger partial charge in [0.2, 0.25) is 0 Å². The Hall–Kier alpha value is -4.73. The van der Waals surface area contributed by atoms with E-state index in [0.29, 0.717) is 45.3 Å². The van der Waals surface area contributed by atoms with E-state index in [-0.39, 0.29) is 5.56 Å². The van der Waals surface area contributed by atoms with Crippen LogP contribution in [0.1, 0.15) is 29.3 Å².